The van der Waals surface area contributed by atoms with Gasteiger partial charge in [0.25, 0.3) is 0 Å². The molecule has 3 aromatic rings. The number of nitrogens with zero attached hydrogens (tertiary/aromatic N) is 2. The Kier molecular flexibility index (Phi) is 6.71. The second-order valence-corrected chi connectivity index (χ2v) is 7.73. The molecular formula is C26H28N2O4. The SMILES string of the molecule is CCN(CC)c1ccc2cc(C(=O)C=Cc3ccc(N4CCOCC4)cc3)c(=O)oc2c1. The number of ether oxygens (including phenoxy) is 1. The van der Waals surface area contributed by atoms with Crippen molar-refractivity contribution in [3.63, 3.8) is 0 Å². The van der Waals surface area contributed by atoms with Crippen LogP contribution in [0.1, 0.15) is 29.8 Å². The molecule has 1 fully saturated rings. The molecule has 0 atom stereocenters. The average molecular weight is 433 g/mol. The fourth-order valence-corrected chi connectivity index (χ4v) is 3.94. The molecule has 0 spiro atoms. The summed E-state index contributed by atoms with van der Waals surface area (Å²) in [6.45, 7) is 9.11. The first kappa shape index (κ1) is 21.8. The average Bonchev–Trinajstić information content (AvgIpc) is 2.83. The van der Waals surface area contributed by atoms with Crippen LogP contribution in [0.2, 0.25) is 0 Å². The summed E-state index contributed by atoms with van der Waals surface area (Å²) in [5.41, 5.74) is 2.92. The number of carbonyl (C=O) groups is 1. The van der Waals surface area contributed by atoms with E-state index in [1.54, 1.807) is 12.1 Å². The first-order valence-electron chi connectivity index (χ1n) is 11.1. The van der Waals surface area contributed by atoms with Gasteiger partial charge in [-0.1, -0.05) is 18.2 Å². The zero-order chi connectivity index (χ0) is 22.5. The molecule has 0 N–H and O–H groups in total. The largest absolute Gasteiger partial charge is 0.422 e. The van der Waals surface area contributed by atoms with Crippen LogP contribution in [0.25, 0.3) is 17.0 Å². The Morgan fingerprint density at radius 2 is 1.75 bits per heavy atom. The standard InChI is InChI=1S/C26H28N2O4/c1-3-27(4-2)22-11-8-20-17-23(26(30)32-25(20)18-22)24(29)12-7-19-5-9-21(10-6-19)28-13-15-31-16-14-28/h5-12,17-18H,3-4,13-16H2,1-2H3. The molecule has 0 radical (unpaired) electrons. The molecule has 166 valence electrons. The van der Waals surface area contributed by atoms with E-state index < -0.39 is 5.63 Å². The minimum atomic E-state index is -0.619. The third-order valence-electron chi connectivity index (χ3n) is 5.81. The molecule has 32 heavy (non-hydrogen) atoms. The molecule has 6 nitrogen and oxygen atoms in total. The van der Waals surface area contributed by atoms with Gasteiger partial charge in [-0.3, -0.25) is 4.79 Å². The molecule has 1 aliphatic rings. The fraction of sp³-hybridized carbons (Fsp3) is 0.308. The lowest BCUT2D eigenvalue weighted by Gasteiger charge is -2.28. The van der Waals surface area contributed by atoms with Crippen LogP contribution in [-0.4, -0.2) is 45.2 Å². The molecule has 0 bridgehead atoms. The van der Waals surface area contributed by atoms with Crippen LogP contribution < -0.4 is 15.4 Å². The summed E-state index contributed by atoms with van der Waals surface area (Å²) in [7, 11) is 0. The van der Waals surface area contributed by atoms with E-state index in [-0.39, 0.29) is 11.3 Å². The van der Waals surface area contributed by atoms with E-state index in [1.165, 1.54) is 6.08 Å². The number of fused-ring (bicyclic) bond motifs is 1. The summed E-state index contributed by atoms with van der Waals surface area (Å²) < 4.78 is 10.9. The van der Waals surface area contributed by atoms with Crippen molar-refractivity contribution >= 4 is 34.2 Å². The van der Waals surface area contributed by atoms with Gasteiger partial charge < -0.3 is 19.0 Å². The summed E-state index contributed by atoms with van der Waals surface area (Å²) in [5.74, 6) is -0.370. The van der Waals surface area contributed by atoms with Crippen molar-refractivity contribution in [2.45, 2.75) is 13.8 Å². The Morgan fingerprint density at radius 1 is 1.03 bits per heavy atom. The number of allylic oxidation sites excluding steroid dienone is 1. The lowest BCUT2D eigenvalue weighted by molar-refractivity contribution is 0.104. The van der Waals surface area contributed by atoms with Gasteiger partial charge in [0, 0.05) is 49.0 Å². The summed E-state index contributed by atoms with van der Waals surface area (Å²) in [6.07, 6.45) is 3.14. The van der Waals surface area contributed by atoms with Crippen molar-refractivity contribution in [2.24, 2.45) is 0 Å². The van der Waals surface area contributed by atoms with Gasteiger partial charge in [0.2, 0.25) is 0 Å². The van der Waals surface area contributed by atoms with Crippen LogP contribution in [0.5, 0.6) is 0 Å². The summed E-state index contributed by atoms with van der Waals surface area (Å²) >= 11 is 0. The Hall–Kier alpha value is -3.38. The number of morpholine rings is 1. The van der Waals surface area contributed by atoms with E-state index >= 15 is 0 Å². The molecule has 0 aliphatic carbocycles. The molecule has 0 saturated carbocycles. The quantitative estimate of drug-likeness (QED) is 0.314. The summed E-state index contributed by atoms with van der Waals surface area (Å²) in [6, 6.07) is 15.3. The van der Waals surface area contributed by atoms with Gasteiger partial charge in [-0.25, -0.2) is 4.79 Å². The van der Waals surface area contributed by atoms with Crippen LogP contribution in [0.15, 0.2) is 63.8 Å². The molecule has 2 heterocycles. The number of hydrogen-bond acceptors (Lipinski definition) is 6. The normalized spacial score (nSPS) is 14.2. The van der Waals surface area contributed by atoms with Crippen LogP contribution in [0.3, 0.4) is 0 Å². The van der Waals surface area contributed by atoms with E-state index in [9.17, 15) is 9.59 Å². The number of hydrogen-bond donors (Lipinski definition) is 0. The van der Waals surface area contributed by atoms with Crippen LogP contribution in [0.4, 0.5) is 11.4 Å². The third kappa shape index (κ3) is 4.75. The second-order valence-electron chi connectivity index (χ2n) is 7.73. The number of carbonyl (C=O) groups excluding carboxylic acids is 1. The zero-order valence-electron chi connectivity index (χ0n) is 18.5. The Labute approximate surface area is 187 Å². The smallest absolute Gasteiger partial charge is 0.347 e. The highest BCUT2D eigenvalue weighted by molar-refractivity contribution is 6.07. The highest BCUT2D eigenvalue weighted by atomic mass is 16.5. The van der Waals surface area contributed by atoms with Gasteiger partial charge in [0.05, 0.1) is 13.2 Å². The van der Waals surface area contributed by atoms with Gasteiger partial charge in [-0.2, -0.15) is 0 Å². The van der Waals surface area contributed by atoms with Crippen molar-refractivity contribution in [3.05, 3.63) is 76.2 Å². The molecule has 2 aromatic carbocycles. The number of benzene rings is 2. The van der Waals surface area contributed by atoms with E-state index in [0.717, 1.165) is 61.7 Å². The van der Waals surface area contributed by atoms with Crippen molar-refractivity contribution in [2.75, 3.05) is 49.2 Å². The van der Waals surface area contributed by atoms with Gasteiger partial charge in [0.1, 0.15) is 11.1 Å². The number of ketones is 1. The molecule has 0 amide bonds. The zero-order valence-corrected chi connectivity index (χ0v) is 18.5. The van der Waals surface area contributed by atoms with Crippen LogP contribution in [-0.2, 0) is 4.74 Å². The molecule has 1 aromatic heterocycles. The monoisotopic (exact) mass is 432 g/mol. The van der Waals surface area contributed by atoms with E-state index in [2.05, 4.69) is 23.6 Å². The maximum absolute atomic E-state index is 12.7. The molecule has 4 rings (SSSR count). The second kappa shape index (κ2) is 9.83. The van der Waals surface area contributed by atoms with Crippen LogP contribution in [0, 0.1) is 0 Å². The number of anilines is 2. The van der Waals surface area contributed by atoms with Crippen molar-refractivity contribution < 1.29 is 13.9 Å². The third-order valence-corrected chi connectivity index (χ3v) is 5.81. The topological polar surface area (TPSA) is 63.0 Å². The Bertz CT molecular complexity index is 1170. The predicted molar refractivity (Wildman–Crippen MR) is 129 cm³/mol. The highest BCUT2D eigenvalue weighted by Gasteiger charge is 2.13. The summed E-state index contributed by atoms with van der Waals surface area (Å²) in [5, 5.41) is 0.729. The maximum Gasteiger partial charge on any atom is 0.347 e. The molecule has 6 heteroatoms. The van der Waals surface area contributed by atoms with Gasteiger partial charge >= 0.3 is 5.63 Å². The van der Waals surface area contributed by atoms with Crippen LogP contribution >= 0.6 is 0 Å². The van der Waals surface area contributed by atoms with Crippen molar-refractivity contribution in [1.29, 1.82) is 0 Å². The first-order valence-corrected chi connectivity index (χ1v) is 11.1. The minimum absolute atomic E-state index is 0.0364. The van der Waals surface area contributed by atoms with Crippen molar-refractivity contribution in [1.82, 2.24) is 0 Å². The predicted octanol–water partition coefficient (Wildman–Crippen LogP) is 4.37. The number of rotatable bonds is 7. The maximum atomic E-state index is 12.7. The molecule has 1 aliphatic heterocycles. The summed E-state index contributed by atoms with van der Waals surface area (Å²) in [4.78, 5) is 29.6. The molecule has 1 saturated heterocycles. The van der Waals surface area contributed by atoms with Gasteiger partial charge in [0.15, 0.2) is 5.78 Å². The fourth-order valence-electron chi connectivity index (χ4n) is 3.94. The minimum Gasteiger partial charge on any atom is -0.422 e. The van der Waals surface area contributed by atoms with E-state index in [0.29, 0.717) is 5.58 Å². The van der Waals surface area contributed by atoms with Crippen molar-refractivity contribution in [3.8, 4) is 0 Å². The molecular weight excluding hydrogens is 404 g/mol. The Balaban J connectivity index is 1.51. The van der Waals surface area contributed by atoms with E-state index in [1.807, 2.05) is 42.5 Å². The molecule has 0 unspecified atom stereocenters. The lowest BCUT2D eigenvalue weighted by atomic mass is 10.1. The first-order chi connectivity index (χ1) is 15.6. The van der Waals surface area contributed by atoms with Gasteiger partial charge in [-0.05, 0) is 55.8 Å². The van der Waals surface area contributed by atoms with Gasteiger partial charge in [-0.15, -0.1) is 0 Å². The highest BCUT2D eigenvalue weighted by Crippen LogP contribution is 2.22. The van der Waals surface area contributed by atoms with E-state index in [4.69, 9.17) is 9.15 Å². The Morgan fingerprint density at radius 3 is 2.44 bits per heavy atom. The lowest BCUT2D eigenvalue weighted by Crippen LogP contribution is -2.36.